The van der Waals surface area contributed by atoms with E-state index in [2.05, 4.69) is 25.3 Å². The van der Waals surface area contributed by atoms with Crippen molar-refractivity contribution in [3.05, 3.63) is 53.7 Å². The third-order valence-electron chi connectivity index (χ3n) is 8.04. The molecule has 19 heteroatoms. The van der Waals surface area contributed by atoms with Crippen LogP contribution in [0.2, 0.25) is 5.15 Å². The van der Waals surface area contributed by atoms with Gasteiger partial charge in [-0.25, -0.2) is 36.9 Å². The van der Waals surface area contributed by atoms with Crippen LogP contribution >= 0.6 is 11.6 Å². The summed E-state index contributed by atoms with van der Waals surface area (Å²) < 4.78 is 95.3. The molecule has 6 rings (SSSR count). The van der Waals surface area contributed by atoms with Crippen molar-refractivity contribution in [2.45, 2.75) is 59.9 Å². The third-order valence-corrected chi connectivity index (χ3v) is 10.5. The first-order valence-electron chi connectivity index (χ1n) is 14.3. The van der Waals surface area contributed by atoms with Crippen LogP contribution in [-0.2, 0) is 20.8 Å². The first-order chi connectivity index (χ1) is 22.4. The zero-order chi connectivity index (χ0) is 35.1. The normalized spacial score (nSPS) is 20.8. The molecular formula is C29H25ClF5N7O5S. The zero-order valence-corrected chi connectivity index (χ0v) is 26.2. The van der Waals surface area contributed by atoms with Crippen LogP contribution in [0.25, 0.3) is 22.6 Å². The van der Waals surface area contributed by atoms with E-state index in [-0.39, 0.29) is 47.1 Å². The Morgan fingerprint density at radius 3 is 2.27 bits per heavy atom. The lowest BCUT2D eigenvalue weighted by Gasteiger charge is -2.40. The number of halogens is 6. The number of alkyl halides is 5. The van der Waals surface area contributed by atoms with Crippen molar-refractivity contribution >= 4 is 33.4 Å². The van der Waals surface area contributed by atoms with E-state index in [0.29, 0.717) is 18.9 Å². The van der Waals surface area contributed by atoms with Crippen LogP contribution < -0.4 is 5.32 Å². The number of likely N-dealkylation sites (tertiary alicyclic amines) is 1. The largest absolute Gasteiger partial charge is 0.465 e. The molecule has 0 bridgehead atoms. The molecular weight excluding hydrogens is 689 g/mol. The zero-order valence-electron chi connectivity index (χ0n) is 24.6. The summed E-state index contributed by atoms with van der Waals surface area (Å²) in [6.45, 7) is -1.48. The highest BCUT2D eigenvalue weighted by molar-refractivity contribution is 7.92. The van der Waals surface area contributed by atoms with E-state index < -0.39 is 74.2 Å². The van der Waals surface area contributed by atoms with Crippen LogP contribution in [-0.4, -0.2) is 80.2 Å². The molecule has 1 aromatic carbocycles. The second-order valence-electron chi connectivity index (χ2n) is 11.6. The number of nitriles is 1. The number of benzene rings is 1. The van der Waals surface area contributed by atoms with E-state index in [1.54, 1.807) is 0 Å². The molecule has 48 heavy (non-hydrogen) atoms. The highest BCUT2D eigenvalue weighted by Crippen LogP contribution is 2.42. The number of amides is 2. The number of carbonyl (C=O) groups is 2. The summed E-state index contributed by atoms with van der Waals surface area (Å²) in [5.41, 5.74) is -1.62. The van der Waals surface area contributed by atoms with Gasteiger partial charge in [-0.1, -0.05) is 17.7 Å². The Morgan fingerprint density at radius 2 is 1.73 bits per heavy atom. The molecule has 254 valence electrons. The first-order valence-corrected chi connectivity index (χ1v) is 16.2. The van der Waals surface area contributed by atoms with Crippen molar-refractivity contribution in [1.82, 2.24) is 30.2 Å². The van der Waals surface area contributed by atoms with Crippen molar-refractivity contribution in [2.24, 2.45) is 5.92 Å². The third kappa shape index (κ3) is 7.62. The van der Waals surface area contributed by atoms with Crippen LogP contribution in [0.1, 0.15) is 37.7 Å². The first kappa shape index (κ1) is 34.8. The molecule has 3 fully saturated rings. The SMILES string of the molecule is N#CC1(NC(=O)O)CC1.O=C([C@@H]1CC[C@@H](S(=O)(=O)c2ccc(-c3cncc(-c4cnc(Cl)cn4)n3)cc2C(F)(F)F)C1)N1CC(F)(F)C1. The maximum atomic E-state index is 14.1. The Hall–Kier alpha value is -4.50. The maximum Gasteiger partial charge on any atom is 0.417 e. The Kier molecular flexibility index (Phi) is 9.32. The van der Waals surface area contributed by atoms with E-state index in [4.69, 9.17) is 22.0 Å². The molecule has 1 saturated heterocycles. The van der Waals surface area contributed by atoms with Crippen LogP contribution in [0.3, 0.4) is 0 Å². The summed E-state index contributed by atoms with van der Waals surface area (Å²) in [6.07, 6.45) is 0.0950. The van der Waals surface area contributed by atoms with Crippen molar-refractivity contribution in [1.29, 1.82) is 5.26 Å². The van der Waals surface area contributed by atoms with Gasteiger partial charge < -0.3 is 15.3 Å². The van der Waals surface area contributed by atoms with Gasteiger partial charge in [0.1, 0.15) is 22.1 Å². The topological polar surface area (TPSA) is 179 Å². The number of carboxylic acid groups (broad SMARTS) is 1. The molecule has 0 radical (unpaired) electrons. The molecule has 3 heterocycles. The second-order valence-corrected chi connectivity index (χ2v) is 14.2. The minimum Gasteiger partial charge on any atom is -0.465 e. The Morgan fingerprint density at radius 1 is 1.04 bits per heavy atom. The van der Waals surface area contributed by atoms with Crippen LogP contribution in [0.15, 0.2) is 47.9 Å². The summed E-state index contributed by atoms with van der Waals surface area (Å²) in [6, 6.07) is 4.65. The summed E-state index contributed by atoms with van der Waals surface area (Å²) in [5, 5.41) is 17.5. The van der Waals surface area contributed by atoms with Crippen molar-refractivity contribution in [2.75, 3.05) is 13.1 Å². The van der Waals surface area contributed by atoms with Crippen molar-refractivity contribution < 1.29 is 45.1 Å². The number of nitrogens with one attached hydrogen (secondary N) is 1. The standard InChI is InChI=1S/C24H19ClF5N5O3S.C5H6N2O2/c25-21-10-32-18(9-33-21)19-8-31-7-17(34-19)13-2-4-20(16(6-13)24(28,29)30)39(37,38)15-3-1-14(5-15)22(36)35-11-23(26,27)12-35;6-3-5(1-2-5)7-4(8)9/h2,4,6-10,14-15H,1,3,5,11-12H2;7H,1-2H2,(H,8,9)/t14-,15-;/m1./s1. The Balaban J connectivity index is 0.000000434. The van der Waals surface area contributed by atoms with Gasteiger partial charge in [-0.15, -0.1) is 0 Å². The summed E-state index contributed by atoms with van der Waals surface area (Å²) in [7, 11) is -4.52. The average molecular weight is 714 g/mol. The smallest absolute Gasteiger partial charge is 0.417 e. The lowest BCUT2D eigenvalue weighted by Crippen LogP contribution is -2.59. The van der Waals surface area contributed by atoms with Crippen LogP contribution in [0, 0.1) is 17.2 Å². The van der Waals surface area contributed by atoms with Gasteiger partial charge in [0, 0.05) is 11.5 Å². The number of aromatic nitrogens is 4. The molecule has 2 aromatic heterocycles. The average Bonchev–Trinajstić information content (AvgIpc) is 3.59. The van der Waals surface area contributed by atoms with Gasteiger partial charge in [-0.3, -0.25) is 9.78 Å². The fourth-order valence-electron chi connectivity index (χ4n) is 5.38. The molecule has 3 aromatic rings. The van der Waals surface area contributed by atoms with E-state index in [9.17, 15) is 40.0 Å². The van der Waals surface area contributed by atoms with Crippen LogP contribution in [0.5, 0.6) is 0 Å². The molecule has 12 nitrogen and oxygen atoms in total. The molecule has 2 atom stereocenters. The van der Waals surface area contributed by atoms with E-state index in [1.807, 2.05) is 6.07 Å². The molecule has 3 aliphatic rings. The number of nitrogens with zero attached hydrogens (tertiary/aromatic N) is 6. The highest BCUT2D eigenvalue weighted by atomic mass is 35.5. The number of sulfone groups is 1. The predicted molar refractivity (Wildman–Crippen MR) is 157 cm³/mol. The highest BCUT2D eigenvalue weighted by Gasteiger charge is 2.50. The van der Waals surface area contributed by atoms with Gasteiger partial charge >= 0.3 is 12.3 Å². The lowest BCUT2D eigenvalue weighted by atomic mass is 10.0. The monoisotopic (exact) mass is 713 g/mol. The van der Waals surface area contributed by atoms with Crippen molar-refractivity contribution in [3.8, 4) is 28.7 Å². The fraction of sp³-hybridized carbons (Fsp3) is 0.414. The summed E-state index contributed by atoms with van der Waals surface area (Å²) in [4.78, 5) is 38.7. The fourth-order valence-corrected chi connectivity index (χ4v) is 7.51. The van der Waals surface area contributed by atoms with E-state index in [0.717, 1.165) is 11.0 Å². The molecule has 2 aliphatic carbocycles. The Labute approximate surface area is 274 Å². The summed E-state index contributed by atoms with van der Waals surface area (Å²) in [5.74, 6) is -4.42. The van der Waals surface area contributed by atoms with Gasteiger partial charge in [-0.2, -0.15) is 18.4 Å². The maximum absolute atomic E-state index is 14.1. The lowest BCUT2D eigenvalue weighted by molar-refractivity contribution is -0.169. The second kappa shape index (κ2) is 12.8. The van der Waals surface area contributed by atoms with Gasteiger partial charge in [0.05, 0.1) is 65.3 Å². The Bertz CT molecular complexity index is 1880. The van der Waals surface area contributed by atoms with Gasteiger partial charge in [0.15, 0.2) is 9.84 Å². The van der Waals surface area contributed by atoms with Gasteiger partial charge in [0.25, 0.3) is 5.92 Å². The van der Waals surface area contributed by atoms with E-state index >= 15 is 0 Å². The summed E-state index contributed by atoms with van der Waals surface area (Å²) >= 11 is 5.73. The number of hydrogen-bond acceptors (Lipinski definition) is 9. The number of carbonyl (C=O) groups excluding carboxylic acids is 1. The minimum absolute atomic E-state index is 0.0317. The van der Waals surface area contributed by atoms with E-state index in [1.165, 1.54) is 30.9 Å². The number of rotatable bonds is 6. The van der Waals surface area contributed by atoms with Crippen molar-refractivity contribution in [3.63, 3.8) is 0 Å². The van der Waals surface area contributed by atoms with Gasteiger partial charge in [0.2, 0.25) is 5.91 Å². The molecule has 0 unspecified atom stereocenters. The molecule has 2 N–H and O–H groups in total. The molecule has 2 amide bonds. The minimum atomic E-state index is -5.03. The molecule has 2 saturated carbocycles. The number of hydrogen-bond donors (Lipinski definition) is 2. The predicted octanol–water partition coefficient (Wildman–Crippen LogP) is 5.00. The molecule has 0 spiro atoms. The quantitative estimate of drug-likeness (QED) is 0.330. The van der Waals surface area contributed by atoms with Crippen LogP contribution in [0.4, 0.5) is 26.7 Å². The van der Waals surface area contributed by atoms with Gasteiger partial charge in [-0.05, 0) is 44.2 Å². The molecule has 1 aliphatic heterocycles.